The van der Waals surface area contributed by atoms with E-state index in [0.29, 0.717) is 24.2 Å². The van der Waals surface area contributed by atoms with Gasteiger partial charge in [-0.05, 0) is 65.5 Å². The summed E-state index contributed by atoms with van der Waals surface area (Å²) in [5.41, 5.74) is 1.37. The predicted molar refractivity (Wildman–Crippen MR) is 117 cm³/mol. The minimum Gasteiger partial charge on any atom is -0.493 e. The summed E-state index contributed by atoms with van der Waals surface area (Å²) in [6, 6.07) is 6.34. The summed E-state index contributed by atoms with van der Waals surface area (Å²) < 4.78 is 17.3. The standard InChI is InChI=1S/C25H37NO4/c1-15(2)11-21(27)26-23-24(3,4)17-13-18-22(30-10-9-25(18,23)14-17)16-7-8-19(28-5)20(12-16)29-6/h7-8,12,15,17-18,22-23H,9-11,13-14H2,1-6H3,(H,26,27)/t17-,18-,22-,23+,25-/m1/s1. The molecule has 5 nitrogen and oxygen atoms in total. The molecule has 4 rings (SSSR count). The summed E-state index contributed by atoms with van der Waals surface area (Å²) in [5, 5.41) is 3.50. The number of carbonyl (C=O) groups is 1. The maximum Gasteiger partial charge on any atom is 0.220 e. The Kier molecular flexibility index (Phi) is 5.54. The van der Waals surface area contributed by atoms with Crippen molar-refractivity contribution in [1.29, 1.82) is 0 Å². The fourth-order valence-corrected chi connectivity index (χ4v) is 6.74. The lowest BCUT2D eigenvalue weighted by Crippen LogP contribution is -2.59. The van der Waals surface area contributed by atoms with Gasteiger partial charge in [0.2, 0.25) is 5.91 Å². The zero-order valence-corrected chi connectivity index (χ0v) is 19.3. The van der Waals surface area contributed by atoms with Gasteiger partial charge >= 0.3 is 0 Å². The average molecular weight is 416 g/mol. The lowest BCUT2D eigenvalue weighted by atomic mass is 9.58. The quantitative estimate of drug-likeness (QED) is 0.729. The highest BCUT2D eigenvalue weighted by Gasteiger charge is 2.68. The molecule has 0 unspecified atom stereocenters. The molecule has 2 bridgehead atoms. The SMILES string of the molecule is COc1ccc([C@H]2OCC[C@@]34C[C@@H](C[C@H]23)C(C)(C)[C@@H]4NC(=O)CC(C)C)cc1OC. The van der Waals surface area contributed by atoms with Crippen molar-refractivity contribution < 1.29 is 19.0 Å². The number of carbonyl (C=O) groups excluding carboxylic acids is 1. The molecule has 1 aromatic rings. The summed E-state index contributed by atoms with van der Waals surface area (Å²) in [5.74, 6) is 3.05. The first-order valence-electron chi connectivity index (χ1n) is 11.4. The summed E-state index contributed by atoms with van der Waals surface area (Å²) >= 11 is 0. The van der Waals surface area contributed by atoms with Gasteiger partial charge in [0.05, 0.1) is 20.3 Å². The van der Waals surface area contributed by atoms with E-state index in [1.165, 1.54) is 6.42 Å². The summed E-state index contributed by atoms with van der Waals surface area (Å²) in [7, 11) is 3.33. The molecule has 3 aliphatic rings. The average Bonchev–Trinajstić information content (AvgIpc) is 3.19. The second-order valence-corrected chi connectivity index (χ2v) is 10.6. The second kappa shape index (κ2) is 7.74. The van der Waals surface area contributed by atoms with Crippen molar-refractivity contribution in [3.63, 3.8) is 0 Å². The minimum absolute atomic E-state index is 0.0316. The zero-order chi connectivity index (χ0) is 21.7. The Bertz CT molecular complexity index is 804. The largest absolute Gasteiger partial charge is 0.493 e. The van der Waals surface area contributed by atoms with Gasteiger partial charge in [-0.1, -0.05) is 33.8 Å². The Morgan fingerprint density at radius 2 is 1.97 bits per heavy atom. The van der Waals surface area contributed by atoms with Crippen molar-refractivity contribution in [1.82, 2.24) is 5.32 Å². The van der Waals surface area contributed by atoms with E-state index < -0.39 is 0 Å². The van der Waals surface area contributed by atoms with Crippen molar-refractivity contribution in [3.8, 4) is 11.5 Å². The zero-order valence-electron chi connectivity index (χ0n) is 19.3. The maximum absolute atomic E-state index is 12.8. The summed E-state index contributed by atoms with van der Waals surface area (Å²) in [6.07, 6.45) is 3.98. The van der Waals surface area contributed by atoms with E-state index in [0.717, 1.165) is 36.5 Å². The molecule has 5 atom stereocenters. The van der Waals surface area contributed by atoms with E-state index in [2.05, 4.69) is 45.1 Å². The van der Waals surface area contributed by atoms with E-state index in [-0.39, 0.29) is 28.9 Å². The minimum atomic E-state index is 0.0316. The molecule has 1 aromatic carbocycles. The molecular formula is C25H37NO4. The molecule has 1 spiro atoms. The number of nitrogens with one attached hydrogen (secondary N) is 1. The molecule has 1 N–H and O–H groups in total. The molecule has 0 aromatic heterocycles. The van der Waals surface area contributed by atoms with E-state index in [9.17, 15) is 4.79 Å². The third-order valence-electron chi connectivity index (χ3n) is 8.14. The number of hydrogen-bond donors (Lipinski definition) is 1. The van der Waals surface area contributed by atoms with Crippen LogP contribution in [0.3, 0.4) is 0 Å². The maximum atomic E-state index is 12.8. The second-order valence-electron chi connectivity index (χ2n) is 10.6. The highest BCUT2D eigenvalue weighted by molar-refractivity contribution is 5.76. The molecule has 1 heterocycles. The van der Waals surface area contributed by atoms with Crippen molar-refractivity contribution in [2.75, 3.05) is 20.8 Å². The fourth-order valence-electron chi connectivity index (χ4n) is 6.74. The van der Waals surface area contributed by atoms with Gasteiger partial charge in [-0.25, -0.2) is 0 Å². The molecule has 1 amide bonds. The van der Waals surface area contributed by atoms with Gasteiger partial charge in [-0.2, -0.15) is 0 Å². The Morgan fingerprint density at radius 3 is 2.63 bits per heavy atom. The molecule has 30 heavy (non-hydrogen) atoms. The van der Waals surface area contributed by atoms with E-state index >= 15 is 0 Å². The summed E-state index contributed by atoms with van der Waals surface area (Å²) in [4.78, 5) is 12.8. The van der Waals surface area contributed by atoms with Crippen LogP contribution in [-0.2, 0) is 9.53 Å². The van der Waals surface area contributed by atoms with Gasteiger partial charge in [0.15, 0.2) is 11.5 Å². The van der Waals surface area contributed by atoms with Crippen LogP contribution in [-0.4, -0.2) is 32.8 Å². The van der Waals surface area contributed by atoms with Gasteiger partial charge in [-0.3, -0.25) is 4.79 Å². The Hall–Kier alpha value is -1.75. The number of hydrogen-bond acceptors (Lipinski definition) is 4. The number of fused-ring (bicyclic) bond motifs is 1. The predicted octanol–water partition coefficient (Wildman–Crippen LogP) is 4.75. The van der Waals surface area contributed by atoms with Gasteiger partial charge < -0.3 is 19.5 Å². The lowest BCUT2D eigenvalue weighted by Gasteiger charge is -2.53. The highest BCUT2D eigenvalue weighted by atomic mass is 16.5. The topological polar surface area (TPSA) is 56.8 Å². The normalized spacial score (nSPS) is 34.0. The Morgan fingerprint density at radius 1 is 1.23 bits per heavy atom. The summed E-state index contributed by atoms with van der Waals surface area (Å²) in [6.45, 7) is 9.64. The monoisotopic (exact) mass is 415 g/mol. The molecule has 3 fully saturated rings. The molecule has 2 saturated carbocycles. The first-order chi connectivity index (χ1) is 14.2. The smallest absolute Gasteiger partial charge is 0.220 e. The fraction of sp³-hybridized carbons (Fsp3) is 0.720. The van der Waals surface area contributed by atoms with Crippen LogP contribution in [0.2, 0.25) is 0 Å². The van der Waals surface area contributed by atoms with Crippen LogP contribution in [0.25, 0.3) is 0 Å². The number of amides is 1. The van der Waals surface area contributed by atoms with Crippen LogP contribution in [0.4, 0.5) is 0 Å². The molecule has 0 radical (unpaired) electrons. The van der Waals surface area contributed by atoms with E-state index in [1.54, 1.807) is 14.2 Å². The van der Waals surface area contributed by atoms with Crippen LogP contribution in [0.1, 0.15) is 65.0 Å². The van der Waals surface area contributed by atoms with Crippen molar-refractivity contribution in [3.05, 3.63) is 23.8 Å². The van der Waals surface area contributed by atoms with Crippen LogP contribution < -0.4 is 14.8 Å². The van der Waals surface area contributed by atoms with Crippen molar-refractivity contribution in [2.24, 2.45) is 28.6 Å². The van der Waals surface area contributed by atoms with Gasteiger partial charge in [0, 0.05) is 19.1 Å². The van der Waals surface area contributed by atoms with Crippen LogP contribution in [0, 0.1) is 28.6 Å². The van der Waals surface area contributed by atoms with Crippen molar-refractivity contribution in [2.45, 2.75) is 65.5 Å². The van der Waals surface area contributed by atoms with E-state index in [1.807, 2.05) is 6.07 Å². The van der Waals surface area contributed by atoms with Crippen LogP contribution >= 0.6 is 0 Å². The molecule has 2 aliphatic carbocycles. The third-order valence-corrected chi connectivity index (χ3v) is 8.14. The van der Waals surface area contributed by atoms with Gasteiger partial charge in [0.1, 0.15) is 0 Å². The van der Waals surface area contributed by atoms with Crippen LogP contribution in [0.15, 0.2) is 18.2 Å². The molecule has 1 aliphatic heterocycles. The lowest BCUT2D eigenvalue weighted by molar-refractivity contribution is -0.137. The Labute approximate surface area is 180 Å². The third kappa shape index (κ3) is 3.30. The molecule has 166 valence electrons. The molecule has 5 heteroatoms. The molecular weight excluding hydrogens is 378 g/mol. The number of benzene rings is 1. The van der Waals surface area contributed by atoms with Crippen LogP contribution in [0.5, 0.6) is 11.5 Å². The highest BCUT2D eigenvalue weighted by Crippen LogP contribution is 2.70. The van der Waals surface area contributed by atoms with Crippen molar-refractivity contribution >= 4 is 5.91 Å². The molecule has 1 saturated heterocycles. The van der Waals surface area contributed by atoms with E-state index in [4.69, 9.17) is 14.2 Å². The van der Waals surface area contributed by atoms with Gasteiger partial charge in [0.25, 0.3) is 0 Å². The Balaban J connectivity index is 1.65. The number of rotatable bonds is 6. The van der Waals surface area contributed by atoms with Gasteiger partial charge in [-0.15, -0.1) is 0 Å². The first kappa shape index (κ1) is 21.5. The number of methoxy groups -OCH3 is 2. The number of ether oxygens (including phenoxy) is 3. The first-order valence-corrected chi connectivity index (χ1v) is 11.4.